The minimum Gasteiger partial charge on any atom is -0.495 e. The first-order valence-electron chi connectivity index (χ1n) is 6.52. The second-order valence-electron chi connectivity index (χ2n) is 5.16. The quantitative estimate of drug-likeness (QED) is 0.755. The molecule has 6 heteroatoms. The lowest BCUT2D eigenvalue weighted by Crippen LogP contribution is -2.37. The maximum absolute atomic E-state index is 12.7. The van der Waals surface area contributed by atoms with E-state index in [2.05, 4.69) is 15.9 Å². The SMILES string of the molecule is COc1ccccc1S(=O)(=O)CC1(CBr)CCOCC1. The first-order valence-corrected chi connectivity index (χ1v) is 9.30. The molecule has 4 nitrogen and oxygen atoms in total. The molecule has 20 heavy (non-hydrogen) atoms. The van der Waals surface area contributed by atoms with Crippen molar-refractivity contribution in [3.05, 3.63) is 24.3 Å². The third kappa shape index (κ3) is 3.35. The van der Waals surface area contributed by atoms with Crippen molar-refractivity contribution in [1.82, 2.24) is 0 Å². The summed E-state index contributed by atoms with van der Waals surface area (Å²) in [6.07, 6.45) is 1.51. The Morgan fingerprint density at radius 3 is 2.55 bits per heavy atom. The summed E-state index contributed by atoms with van der Waals surface area (Å²) in [5.41, 5.74) is -0.252. The number of ether oxygens (including phenoxy) is 2. The van der Waals surface area contributed by atoms with Gasteiger partial charge in [0.2, 0.25) is 0 Å². The van der Waals surface area contributed by atoms with Gasteiger partial charge in [-0.25, -0.2) is 8.42 Å². The number of rotatable bonds is 5. The summed E-state index contributed by atoms with van der Waals surface area (Å²) in [4.78, 5) is 0.273. The van der Waals surface area contributed by atoms with Gasteiger partial charge in [0.05, 0.1) is 12.9 Å². The van der Waals surface area contributed by atoms with Crippen LogP contribution in [0.1, 0.15) is 12.8 Å². The van der Waals surface area contributed by atoms with E-state index in [9.17, 15) is 8.42 Å². The average molecular weight is 363 g/mol. The molecule has 0 bridgehead atoms. The van der Waals surface area contributed by atoms with Crippen LogP contribution in [-0.2, 0) is 14.6 Å². The van der Waals surface area contributed by atoms with Crippen molar-refractivity contribution in [2.24, 2.45) is 5.41 Å². The van der Waals surface area contributed by atoms with Gasteiger partial charge < -0.3 is 9.47 Å². The van der Waals surface area contributed by atoms with E-state index in [1.54, 1.807) is 24.3 Å². The van der Waals surface area contributed by atoms with Crippen molar-refractivity contribution in [2.75, 3.05) is 31.4 Å². The van der Waals surface area contributed by atoms with Gasteiger partial charge in [0.15, 0.2) is 9.84 Å². The molecule has 0 spiro atoms. The molecule has 1 heterocycles. The van der Waals surface area contributed by atoms with E-state index in [1.807, 2.05) is 0 Å². The van der Waals surface area contributed by atoms with Crippen LogP contribution in [-0.4, -0.2) is 39.8 Å². The number of hydrogen-bond acceptors (Lipinski definition) is 4. The van der Waals surface area contributed by atoms with Crippen LogP contribution in [0, 0.1) is 5.41 Å². The van der Waals surface area contributed by atoms with Gasteiger partial charge in [0.25, 0.3) is 0 Å². The molecular formula is C14H19BrO4S. The smallest absolute Gasteiger partial charge is 0.182 e. The monoisotopic (exact) mass is 362 g/mol. The predicted octanol–water partition coefficient (Wildman–Crippen LogP) is 2.66. The van der Waals surface area contributed by atoms with Crippen LogP contribution in [0.4, 0.5) is 0 Å². The van der Waals surface area contributed by atoms with Gasteiger partial charge in [0, 0.05) is 18.5 Å². The van der Waals surface area contributed by atoms with E-state index in [1.165, 1.54) is 7.11 Å². The van der Waals surface area contributed by atoms with Crippen molar-refractivity contribution in [1.29, 1.82) is 0 Å². The highest BCUT2D eigenvalue weighted by Gasteiger charge is 2.37. The molecule has 0 unspecified atom stereocenters. The Hall–Kier alpha value is -0.590. The molecule has 0 atom stereocenters. The Kier molecular flexibility index (Phi) is 5.09. The number of benzene rings is 1. The standard InChI is InChI=1S/C14H19BrO4S/c1-18-12-4-2-3-5-13(12)20(16,17)11-14(10-15)6-8-19-9-7-14/h2-5H,6-11H2,1H3. The van der Waals surface area contributed by atoms with E-state index in [-0.39, 0.29) is 16.1 Å². The molecule has 1 aliphatic heterocycles. The normalized spacial score (nSPS) is 18.7. The Balaban J connectivity index is 2.30. The minimum atomic E-state index is -3.38. The summed E-state index contributed by atoms with van der Waals surface area (Å²) in [5.74, 6) is 0.527. The Bertz CT molecular complexity index is 550. The fourth-order valence-electron chi connectivity index (χ4n) is 2.48. The van der Waals surface area contributed by atoms with Gasteiger partial charge in [-0.15, -0.1) is 0 Å². The van der Waals surface area contributed by atoms with Crippen molar-refractivity contribution in [3.8, 4) is 5.75 Å². The van der Waals surface area contributed by atoms with Crippen molar-refractivity contribution < 1.29 is 17.9 Å². The molecule has 2 rings (SSSR count). The highest BCUT2D eigenvalue weighted by molar-refractivity contribution is 9.09. The van der Waals surface area contributed by atoms with E-state index < -0.39 is 9.84 Å². The van der Waals surface area contributed by atoms with Gasteiger partial charge in [0.1, 0.15) is 10.6 Å². The third-order valence-electron chi connectivity index (χ3n) is 3.74. The lowest BCUT2D eigenvalue weighted by atomic mass is 9.85. The number of sulfone groups is 1. The van der Waals surface area contributed by atoms with E-state index >= 15 is 0 Å². The van der Waals surface area contributed by atoms with Crippen LogP contribution in [0.2, 0.25) is 0 Å². The van der Waals surface area contributed by atoms with E-state index in [0.29, 0.717) is 24.3 Å². The van der Waals surface area contributed by atoms with Crippen molar-refractivity contribution >= 4 is 25.8 Å². The number of alkyl halides is 1. The summed E-state index contributed by atoms with van der Waals surface area (Å²) >= 11 is 3.48. The fourth-order valence-corrected chi connectivity index (χ4v) is 5.60. The molecule has 0 N–H and O–H groups in total. The molecular weight excluding hydrogens is 344 g/mol. The zero-order valence-corrected chi connectivity index (χ0v) is 13.9. The highest BCUT2D eigenvalue weighted by Crippen LogP contribution is 2.37. The first-order chi connectivity index (χ1) is 9.53. The van der Waals surface area contributed by atoms with Gasteiger partial charge in [-0.1, -0.05) is 28.1 Å². The predicted molar refractivity (Wildman–Crippen MR) is 81.3 cm³/mol. The molecule has 1 aliphatic rings. The molecule has 112 valence electrons. The van der Waals surface area contributed by atoms with E-state index in [0.717, 1.165) is 12.8 Å². The van der Waals surface area contributed by atoms with E-state index in [4.69, 9.17) is 9.47 Å². The second kappa shape index (κ2) is 6.45. The maximum atomic E-state index is 12.7. The van der Waals surface area contributed by atoms with Crippen LogP contribution in [0.5, 0.6) is 5.75 Å². The minimum absolute atomic E-state index is 0.120. The summed E-state index contributed by atoms with van der Waals surface area (Å²) in [5, 5.41) is 0.664. The lowest BCUT2D eigenvalue weighted by molar-refractivity contribution is 0.0367. The van der Waals surface area contributed by atoms with Crippen LogP contribution in [0.3, 0.4) is 0 Å². The van der Waals surface area contributed by atoms with Crippen LogP contribution >= 0.6 is 15.9 Å². The van der Waals surface area contributed by atoms with Crippen molar-refractivity contribution in [2.45, 2.75) is 17.7 Å². The largest absolute Gasteiger partial charge is 0.495 e. The molecule has 1 saturated heterocycles. The zero-order chi connectivity index (χ0) is 14.6. The molecule has 0 amide bonds. The first kappa shape index (κ1) is 15.8. The molecule has 0 aromatic heterocycles. The average Bonchev–Trinajstić information content (AvgIpc) is 2.47. The second-order valence-corrected chi connectivity index (χ2v) is 7.67. The topological polar surface area (TPSA) is 52.6 Å². The van der Waals surface area contributed by atoms with Gasteiger partial charge in [-0.2, -0.15) is 0 Å². The molecule has 1 aromatic rings. The maximum Gasteiger partial charge on any atom is 0.182 e. The zero-order valence-electron chi connectivity index (χ0n) is 11.5. The molecule has 0 radical (unpaired) electrons. The third-order valence-corrected chi connectivity index (χ3v) is 6.93. The van der Waals surface area contributed by atoms with Gasteiger partial charge >= 0.3 is 0 Å². The molecule has 0 saturated carbocycles. The molecule has 1 fully saturated rings. The Morgan fingerprint density at radius 1 is 1.30 bits per heavy atom. The van der Waals surface area contributed by atoms with Crippen LogP contribution in [0.25, 0.3) is 0 Å². The van der Waals surface area contributed by atoms with Crippen LogP contribution in [0.15, 0.2) is 29.2 Å². The number of methoxy groups -OCH3 is 1. The number of para-hydroxylation sites is 1. The summed E-state index contributed by atoms with van der Waals surface area (Å²) in [7, 11) is -1.89. The van der Waals surface area contributed by atoms with Crippen LogP contribution < -0.4 is 4.74 Å². The highest BCUT2D eigenvalue weighted by atomic mass is 79.9. The summed E-state index contributed by atoms with van der Waals surface area (Å²) in [6, 6.07) is 6.78. The Morgan fingerprint density at radius 2 is 1.95 bits per heavy atom. The summed E-state index contributed by atoms with van der Waals surface area (Å²) < 4.78 is 35.9. The van der Waals surface area contributed by atoms with Gasteiger partial charge in [-0.3, -0.25) is 0 Å². The Labute approximate surface area is 128 Å². The lowest BCUT2D eigenvalue weighted by Gasteiger charge is -2.35. The van der Waals surface area contributed by atoms with Gasteiger partial charge in [-0.05, 0) is 30.4 Å². The number of halogens is 1. The fraction of sp³-hybridized carbons (Fsp3) is 0.571. The number of hydrogen-bond donors (Lipinski definition) is 0. The summed E-state index contributed by atoms with van der Waals surface area (Å²) in [6.45, 7) is 1.24. The van der Waals surface area contributed by atoms with Crippen molar-refractivity contribution in [3.63, 3.8) is 0 Å². The molecule has 0 aliphatic carbocycles. The molecule has 1 aromatic carbocycles.